The average molecular weight is 376 g/mol. The molecule has 10 nitrogen and oxygen atoms in total. The van der Waals surface area contributed by atoms with E-state index in [1.54, 1.807) is 24.5 Å². The van der Waals surface area contributed by atoms with Crippen molar-refractivity contribution in [1.82, 2.24) is 20.1 Å². The highest BCUT2D eigenvalue weighted by Gasteiger charge is 2.16. The Morgan fingerprint density at radius 1 is 1.26 bits per heavy atom. The molecule has 146 valence electrons. The van der Waals surface area contributed by atoms with Gasteiger partial charge in [-0.25, -0.2) is 4.79 Å². The van der Waals surface area contributed by atoms with Crippen molar-refractivity contribution in [3.8, 4) is 5.75 Å². The van der Waals surface area contributed by atoms with E-state index in [1.165, 1.54) is 14.2 Å². The summed E-state index contributed by atoms with van der Waals surface area (Å²) in [5.74, 6) is 0.801. The molecule has 3 N–H and O–H groups in total. The SMILES string of the molecule is CCn1cnnc1[C@@H](C)NC(=O)Nc1ccc(OC)c(NC(=O)COC)c1. The van der Waals surface area contributed by atoms with Gasteiger partial charge in [-0.1, -0.05) is 0 Å². The van der Waals surface area contributed by atoms with Crippen molar-refractivity contribution in [2.45, 2.75) is 26.4 Å². The molecule has 0 spiro atoms. The van der Waals surface area contributed by atoms with E-state index in [9.17, 15) is 9.59 Å². The van der Waals surface area contributed by atoms with Crippen LogP contribution < -0.4 is 20.7 Å². The minimum absolute atomic E-state index is 0.0864. The topological polar surface area (TPSA) is 119 Å². The van der Waals surface area contributed by atoms with Crippen molar-refractivity contribution in [2.75, 3.05) is 31.5 Å². The van der Waals surface area contributed by atoms with Crippen molar-refractivity contribution in [3.05, 3.63) is 30.4 Å². The van der Waals surface area contributed by atoms with Crippen LogP contribution in [-0.2, 0) is 16.1 Å². The Labute approximate surface area is 157 Å². The molecule has 2 rings (SSSR count). The first kappa shape index (κ1) is 20.2. The number of aromatic nitrogens is 3. The van der Waals surface area contributed by atoms with Crippen LogP contribution in [0, 0.1) is 0 Å². The number of benzene rings is 1. The third-order valence-corrected chi connectivity index (χ3v) is 3.73. The summed E-state index contributed by atoms with van der Waals surface area (Å²) in [4.78, 5) is 24.0. The predicted molar refractivity (Wildman–Crippen MR) is 99.8 cm³/mol. The number of aryl methyl sites for hydroxylation is 1. The molecule has 1 aromatic carbocycles. The maximum Gasteiger partial charge on any atom is 0.319 e. The van der Waals surface area contributed by atoms with E-state index in [2.05, 4.69) is 26.1 Å². The molecule has 3 amide bonds. The van der Waals surface area contributed by atoms with Gasteiger partial charge in [-0.05, 0) is 32.0 Å². The van der Waals surface area contributed by atoms with Gasteiger partial charge in [0.2, 0.25) is 5.91 Å². The standard InChI is InChI=1S/C17H24N6O4/c1-5-23-10-18-22-16(23)11(2)19-17(25)20-12-6-7-14(27-4)13(8-12)21-15(24)9-26-3/h6-8,10-11H,5,9H2,1-4H3,(H,21,24)(H2,19,20,25)/t11-/m1/s1. The predicted octanol–water partition coefficient (Wildman–Crippen LogP) is 1.77. The minimum Gasteiger partial charge on any atom is -0.495 e. The minimum atomic E-state index is -0.410. The molecule has 0 aliphatic heterocycles. The summed E-state index contributed by atoms with van der Waals surface area (Å²) in [7, 11) is 2.92. The largest absolute Gasteiger partial charge is 0.495 e. The van der Waals surface area contributed by atoms with Crippen LogP contribution in [0.4, 0.5) is 16.2 Å². The van der Waals surface area contributed by atoms with Gasteiger partial charge in [0, 0.05) is 19.3 Å². The number of urea groups is 1. The van der Waals surface area contributed by atoms with E-state index in [0.29, 0.717) is 29.5 Å². The Bertz CT molecular complexity index is 791. The van der Waals surface area contributed by atoms with E-state index >= 15 is 0 Å². The molecule has 0 saturated heterocycles. The van der Waals surface area contributed by atoms with E-state index < -0.39 is 6.03 Å². The Morgan fingerprint density at radius 2 is 2.04 bits per heavy atom. The number of hydrogen-bond acceptors (Lipinski definition) is 6. The first-order chi connectivity index (χ1) is 13.0. The molecule has 2 aromatic rings. The highest BCUT2D eigenvalue weighted by atomic mass is 16.5. The Kier molecular flexibility index (Phi) is 7.12. The molecular formula is C17H24N6O4. The lowest BCUT2D eigenvalue weighted by atomic mass is 10.2. The third kappa shape index (κ3) is 5.42. The quantitative estimate of drug-likeness (QED) is 0.646. The molecule has 10 heteroatoms. The molecule has 0 aliphatic rings. The van der Waals surface area contributed by atoms with Crippen LogP contribution in [0.5, 0.6) is 5.75 Å². The second kappa shape index (κ2) is 9.53. The van der Waals surface area contributed by atoms with E-state index in [4.69, 9.17) is 9.47 Å². The van der Waals surface area contributed by atoms with Crippen LogP contribution in [0.25, 0.3) is 0 Å². The highest BCUT2D eigenvalue weighted by molar-refractivity contribution is 5.95. The van der Waals surface area contributed by atoms with Crippen LogP contribution in [0.2, 0.25) is 0 Å². The van der Waals surface area contributed by atoms with Gasteiger partial charge in [0.05, 0.1) is 18.8 Å². The van der Waals surface area contributed by atoms with Gasteiger partial charge in [0.25, 0.3) is 0 Å². The summed E-state index contributed by atoms with van der Waals surface area (Å²) in [5.41, 5.74) is 0.918. The molecule has 0 bridgehead atoms. The van der Waals surface area contributed by atoms with E-state index in [0.717, 1.165) is 0 Å². The van der Waals surface area contributed by atoms with E-state index in [-0.39, 0.29) is 18.6 Å². The number of methoxy groups -OCH3 is 2. The summed E-state index contributed by atoms with van der Waals surface area (Å²) in [5, 5.41) is 16.1. The first-order valence-corrected chi connectivity index (χ1v) is 8.40. The van der Waals surface area contributed by atoms with Crippen molar-refractivity contribution >= 4 is 23.3 Å². The summed E-state index contributed by atoms with van der Waals surface area (Å²) in [6.45, 7) is 4.41. The number of rotatable bonds is 8. The lowest BCUT2D eigenvalue weighted by Crippen LogP contribution is -2.32. The fourth-order valence-electron chi connectivity index (χ4n) is 2.47. The highest BCUT2D eigenvalue weighted by Crippen LogP contribution is 2.27. The van der Waals surface area contributed by atoms with Crippen LogP contribution in [-0.4, -0.2) is 47.5 Å². The van der Waals surface area contributed by atoms with Crippen molar-refractivity contribution in [3.63, 3.8) is 0 Å². The van der Waals surface area contributed by atoms with Crippen LogP contribution >= 0.6 is 0 Å². The summed E-state index contributed by atoms with van der Waals surface area (Å²) >= 11 is 0. The molecule has 1 aromatic heterocycles. The zero-order chi connectivity index (χ0) is 19.8. The lowest BCUT2D eigenvalue weighted by Gasteiger charge is -2.16. The Balaban J connectivity index is 2.05. The second-order valence-corrected chi connectivity index (χ2v) is 5.69. The molecule has 0 radical (unpaired) electrons. The Morgan fingerprint density at radius 3 is 2.70 bits per heavy atom. The average Bonchev–Trinajstić information content (AvgIpc) is 3.11. The van der Waals surface area contributed by atoms with Gasteiger partial charge in [-0.3, -0.25) is 4.79 Å². The molecule has 1 atom stereocenters. The van der Waals surface area contributed by atoms with Gasteiger partial charge in [-0.15, -0.1) is 10.2 Å². The second-order valence-electron chi connectivity index (χ2n) is 5.69. The van der Waals surface area contributed by atoms with Gasteiger partial charge in [0.1, 0.15) is 18.7 Å². The third-order valence-electron chi connectivity index (χ3n) is 3.73. The van der Waals surface area contributed by atoms with Crippen molar-refractivity contribution in [2.24, 2.45) is 0 Å². The van der Waals surface area contributed by atoms with Gasteiger partial charge >= 0.3 is 6.03 Å². The van der Waals surface area contributed by atoms with Gasteiger partial charge in [-0.2, -0.15) is 0 Å². The molecule has 0 fully saturated rings. The molecule has 0 aliphatic carbocycles. The van der Waals surface area contributed by atoms with Gasteiger partial charge in [0.15, 0.2) is 5.82 Å². The normalized spacial score (nSPS) is 11.6. The first-order valence-electron chi connectivity index (χ1n) is 8.40. The maximum absolute atomic E-state index is 12.3. The maximum atomic E-state index is 12.3. The monoisotopic (exact) mass is 376 g/mol. The number of hydrogen-bond donors (Lipinski definition) is 3. The summed E-state index contributed by atoms with van der Waals surface area (Å²) in [6, 6.07) is 4.18. The zero-order valence-corrected chi connectivity index (χ0v) is 15.8. The number of ether oxygens (including phenoxy) is 2. The summed E-state index contributed by atoms with van der Waals surface area (Å²) < 4.78 is 11.9. The van der Waals surface area contributed by atoms with Crippen LogP contribution in [0.15, 0.2) is 24.5 Å². The fourth-order valence-corrected chi connectivity index (χ4v) is 2.47. The molecule has 27 heavy (non-hydrogen) atoms. The van der Waals surface area contributed by atoms with Gasteiger partial charge < -0.3 is 30.0 Å². The van der Waals surface area contributed by atoms with Crippen molar-refractivity contribution < 1.29 is 19.1 Å². The Hall–Kier alpha value is -3.14. The van der Waals surface area contributed by atoms with E-state index in [1.807, 2.05) is 18.4 Å². The van der Waals surface area contributed by atoms with Crippen molar-refractivity contribution in [1.29, 1.82) is 0 Å². The fraction of sp³-hybridized carbons (Fsp3) is 0.412. The molecule has 0 saturated carbocycles. The smallest absolute Gasteiger partial charge is 0.319 e. The number of carbonyl (C=O) groups is 2. The number of nitrogens with one attached hydrogen (secondary N) is 3. The molecular weight excluding hydrogens is 352 g/mol. The number of anilines is 2. The molecule has 0 unspecified atom stereocenters. The zero-order valence-electron chi connectivity index (χ0n) is 15.8. The number of amides is 3. The lowest BCUT2D eigenvalue weighted by molar-refractivity contribution is -0.119. The summed E-state index contributed by atoms with van der Waals surface area (Å²) in [6.07, 6.45) is 1.61. The van der Waals surface area contributed by atoms with Crippen LogP contribution in [0.3, 0.4) is 0 Å². The molecule has 1 heterocycles. The number of carbonyl (C=O) groups excluding carboxylic acids is 2. The number of nitrogens with zero attached hydrogens (tertiary/aromatic N) is 3. The van der Waals surface area contributed by atoms with Crippen LogP contribution in [0.1, 0.15) is 25.7 Å².